The van der Waals surface area contributed by atoms with Crippen molar-refractivity contribution < 1.29 is 13.2 Å². The van der Waals surface area contributed by atoms with Crippen molar-refractivity contribution in [2.24, 2.45) is 0 Å². The number of nitrogen functional groups attached to an aromatic ring is 1. The van der Waals surface area contributed by atoms with E-state index in [0.29, 0.717) is 36.5 Å². The van der Waals surface area contributed by atoms with Gasteiger partial charge in [-0.2, -0.15) is 0 Å². The van der Waals surface area contributed by atoms with E-state index in [1.165, 1.54) is 11.3 Å². The Bertz CT molecular complexity index is 578. The van der Waals surface area contributed by atoms with Gasteiger partial charge in [-0.25, -0.2) is 8.42 Å². The van der Waals surface area contributed by atoms with Gasteiger partial charge in [0.05, 0.1) is 27.1 Å². The van der Waals surface area contributed by atoms with E-state index in [1.54, 1.807) is 13.0 Å². The number of thiophene rings is 1. The highest BCUT2D eigenvalue weighted by Gasteiger charge is 2.22. The highest BCUT2D eigenvalue weighted by atomic mass is 32.2. The highest BCUT2D eigenvalue weighted by Crippen LogP contribution is 2.33. The van der Waals surface area contributed by atoms with Gasteiger partial charge in [0.1, 0.15) is 0 Å². The van der Waals surface area contributed by atoms with Crippen LogP contribution >= 0.6 is 11.3 Å². The number of nitrogens with two attached hydrogens (primary N) is 1. The number of nitrogens with zero attached hydrogens (tertiary/aromatic N) is 1. The lowest BCUT2D eigenvalue weighted by Gasteiger charge is -2.19. The minimum atomic E-state index is -2.92. The molecule has 0 spiro atoms. The Labute approximate surface area is 117 Å². The summed E-state index contributed by atoms with van der Waals surface area (Å²) in [5.74, 6) is 0.448. The SMILES string of the molecule is CCC(=O)c1sc(N2CCCS(=O)(=O)CC2)cc1N. The zero-order chi connectivity index (χ0) is 14.0. The maximum atomic E-state index is 11.7. The second-order valence-corrected chi connectivity index (χ2v) is 7.97. The minimum absolute atomic E-state index is 0.0381. The van der Waals surface area contributed by atoms with Gasteiger partial charge in [-0.15, -0.1) is 11.3 Å². The summed E-state index contributed by atoms with van der Waals surface area (Å²) in [7, 11) is -2.92. The molecular weight excluding hydrogens is 284 g/mol. The number of hydrogen-bond acceptors (Lipinski definition) is 6. The Morgan fingerprint density at radius 3 is 2.84 bits per heavy atom. The van der Waals surface area contributed by atoms with E-state index in [1.807, 2.05) is 4.90 Å². The predicted octanol–water partition coefficient (Wildman–Crippen LogP) is 1.55. The first-order chi connectivity index (χ1) is 8.93. The molecule has 2 heterocycles. The summed E-state index contributed by atoms with van der Waals surface area (Å²) in [5, 5.41) is 0.895. The molecule has 5 nitrogen and oxygen atoms in total. The fourth-order valence-electron chi connectivity index (χ4n) is 2.08. The maximum absolute atomic E-state index is 11.7. The standard InChI is InChI=1S/C12H18N2O3S2/c1-2-10(15)12-9(13)8-11(18-12)14-4-3-6-19(16,17)7-5-14/h8H,2-7,13H2,1H3. The molecule has 0 bridgehead atoms. The van der Waals surface area contributed by atoms with Crippen molar-refractivity contribution in [2.45, 2.75) is 19.8 Å². The Hall–Kier alpha value is -1.08. The van der Waals surface area contributed by atoms with Gasteiger partial charge < -0.3 is 10.6 Å². The van der Waals surface area contributed by atoms with Crippen LogP contribution < -0.4 is 10.6 Å². The molecule has 0 aliphatic carbocycles. The van der Waals surface area contributed by atoms with Crippen molar-refractivity contribution >= 4 is 37.6 Å². The van der Waals surface area contributed by atoms with Crippen molar-refractivity contribution in [1.29, 1.82) is 0 Å². The highest BCUT2D eigenvalue weighted by molar-refractivity contribution is 7.91. The third kappa shape index (κ3) is 3.27. The Kier molecular flexibility index (Phi) is 4.15. The van der Waals surface area contributed by atoms with Crippen LogP contribution in [0.25, 0.3) is 0 Å². The molecule has 0 saturated carbocycles. The monoisotopic (exact) mass is 302 g/mol. The maximum Gasteiger partial charge on any atom is 0.174 e. The average molecular weight is 302 g/mol. The molecule has 0 unspecified atom stereocenters. The van der Waals surface area contributed by atoms with Crippen molar-refractivity contribution in [3.05, 3.63) is 10.9 Å². The molecule has 1 aromatic rings. The van der Waals surface area contributed by atoms with E-state index in [4.69, 9.17) is 5.73 Å². The van der Waals surface area contributed by atoms with Gasteiger partial charge in [0.15, 0.2) is 15.6 Å². The van der Waals surface area contributed by atoms with Gasteiger partial charge in [-0.3, -0.25) is 4.79 Å². The Morgan fingerprint density at radius 1 is 1.42 bits per heavy atom. The van der Waals surface area contributed by atoms with Crippen LogP contribution in [0.3, 0.4) is 0 Å². The van der Waals surface area contributed by atoms with Crippen LogP contribution in [0.1, 0.15) is 29.4 Å². The molecule has 1 aromatic heterocycles. The molecule has 1 aliphatic heterocycles. The molecular formula is C12H18N2O3S2. The summed E-state index contributed by atoms with van der Waals surface area (Å²) in [5.41, 5.74) is 6.36. The first-order valence-corrected chi connectivity index (χ1v) is 8.94. The molecule has 1 saturated heterocycles. The second-order valence-electron chi connectivity index (χ2n) is 4.64. The largest absolute Gasteiger partial charge is 0.397 e. The van der Waals surface area contributed by atoms with E-state index in [2.05, 4.69) is 0 Å². The number of anilines is 2. The molecule has 0 radical (unpaired) electrons. The molecule has 0 aromatic carbocycles. The average Bonchev–Trinajstić information content (AvgIpc) is 2.64. The van der Waals surface area contributed by atoms with Crippen LogP contribution in [0.15, 0.2) is 6.07 Å². The van der Waals surface area contributed by atoms with Crippen LogP contribution in [0.5, 0.6) is 0 Å². The third-order valence-corrected chi connectivity index (χ3v) is 6.16. The Balaban J connectivity index is 2.21. The molecule has 0 atom stereocenters. The first kappa shape index (κ1) is 14.3. The van der Waals surface area contributed by atoms with Crippen molar-refractivity contribution in [2.75, 3.05) is 35.2 Å². The first-order valence-electron chi connectivity index (χ1n) is 6.31. The number of rotatable bonds is 3. The molecule has 0 amide bonds. The van der Waals surface area contributed by atoms with Gasteiger partial charge in [0, 0.05) is 19.5 Å². The summed E-state index contributed by atoms with van der Waals surface area (Å²) in [6.07, 6.45) is 1.05. The van der Waals surface area contributed by atoms with Gasteiger partial charge in [-0.05, 0) is 12.5 Å². The lowest BCUT2D eigenvalue weighted by atomic mass is 10.2. The van der Waals surface area contributed by atoms with E-state index < -0.39 is 9.84 Å². The lowest BCUT2D eigenvalue weighted by Crippen LogP contribution is -2.25. The van der Waals surface area contributed by atoms with E-state index >= 15 is 0 Å². The molecule has 7 heteroatoms. The minimum Gasteiger partial charge on any atom is -0.397 e. The van der Waals surface area contributed by atoms with Crippen LogP contribution in [0, 0.1) is 0 Å². The molecule has 1 fully saturated rings. The van der Waals surface area contributed by atoms with Crippen molar-refractivity contribution in [3.63, 3.8) is 0 Å². The summed E-state index contributed by atoms with van der Waals surface area (Å²) < 4.78 is 23.1. The quantitative estimate of drug-likeness (QED) is 0.857. The van der Waals surface area contributed by atoms with Crippen molar-refractivity contribution in [3.8, 4) is 0 Å². The van der Waals surface area contributed by atoms with Crippen LogP contribution in [-0.4, -0.2) is 38.8 Å². The van der Waals surface area contributed by atoms with Crippen LogP contribution in [0.4, 0.5) is 10.7 Å². The zero-order valence-corrected chi connectivity index (χ0v) is 12.5. The Morgan fingerprint density at radius 2 is 2.16 bits per heavy atom. The number of carbonyl (C=O) groups excluding carboxylic acids is 1. The molecule has 106 valence electrons. The predicted molar refractivity (Wildman–Crippen MR) is 78.8 cm³/mol. The summed E-state index contributed by atoms with van der Waals surface area (Å²) in [4.78, 5) is 14.3. The number of sulfone groups is 1. The lowest BCUT2D eigenvalue weighted by molar-refractivity contribution is 0.0993. The fraction of sp³-hybridized carbons (Fsp3) is 0.583. The third-order valence-electron chi connectivity index (χ3n) is 3.19. The normalized spacial score (nSPS) is 19.1. The molecule has 1 aliphatic rings. The van der Waals surface area contributed by atoms with E-state index in [9.17, 15) is 13.2 Å². The van der Waals surface area contributed by atoms with Gasteiger partial charge in [0.25, 0.3) is 0 Å². The topological polar surface area (TPSA) is 80.5 Å². The molecule has 19 heavy (non-hydrogen) atoms. The van der Waals surface area contributed by atoms with E-state index in [0.717, 1.165) is 5.00 Å². The number of Topliss-reactive ketones (excluding diaryl/α,β-unsaturated/α-hetero) is 1. The smallest absolute Gasteiger partial charge is 0.174 e. The summed E-state index contributed by atoms with van der Waals surface area (Å²) in [6, 6.07) is 1.78. The van der Waals surface area contributed by atoms with Gasteiger partial charge in [-0.1, -0.05) is 6.92 Å². The van der Waals surface area contributed by atoms with Gasteiger partial charge >= 0.3 is 0 Å². The fourth-order valence-corrected chi connectivity index (χ4v) is 4.50. The zero-order valence-electron chi connectivity index (χ0n) is 10.9. The molecule has 2 N–H and O–H groups in total. The molecule has 2 rings (SSSR count). The summed E-state index contributed by atoms with van der Waals surface area (Å²) >= 11 is 1.36. The van der Waals surface area contributed by atoms with Crippen LogP contribution in [0.2, 0.25) is 0 Å². The van der Waals surface area contributed by atoms with Gasteiger partial charge in [0.2, 0.25) is 0 Å². The number of hydrogen-bond donors (Lipinski definition) is 1. The van der Waals surface area contributed by atoms with E-state index in [-0.39, 0.29) is 17.3 Å². The second kappa shape index (κ2) is 5.50. The summed E-state index contributed by atoms with van der Waals surface area (Å²) in [6.45, 7) is 2.97. The number of carbonyl (C=O) groups is 1. The number of ketones is 1. The van der Waals surface area contributed by atoms with Crippen LogP contribution in [-0.2, 0) is 9.84 Å². The van der Waals surface area contributed by atoms with Crippen molar-refractivity contribution in [1.82, 2.24) is 0 Å².